The molecule has 1 fully saturated rings. The van der Waals surface area contributed by atoms with Gasteiger partial charge in [0.25, 0.3) is 0 Å². The summed E-state index contributed by atoms with van der Waals surface area (Å²) in [7, 11) is 0. The molecule has 108 valence electrons. The Kier molecular flexibility index (Phi) is 3.52. The van der Waals surface area contributed by atoms with Gasteiger partial charge in [-0.05, 0) is 30.4 Å². The van der Waals surface area contributed by atoms with Gasteiger partial charge in [0.05, 0.1) is 5.60 Å². The minimum absolute atomic E-state index is 0.471. The van der Waals surface area contributed by atoms with Crippen LogP contribution in [0.4, 0.5) is 0 Å². The van der Waals surface area contributed by atoms with Gasteiger partial charge in [0.2, 0.25) is 0 Å². The molecule has 1 aliphatic heterocycles. The summed E-state index contributed by atoms with van der Waals surface area (Å²) in [6, 6.07) is 7.49. The Labute approximate surface area is 119 Å². The first kappa shape index (κ1) is 13.6. The van der Waals surface area contributed by atoms with Gasteiger partial charge in [0.15, 0.2) is 0 Å². The Morgan fingerprint density at radius 2 is 1.90 bits per heavy atom. The molecule has 4 nitrogen and oxygen atoms in total. The summed E-state index contributed by atoms with van der Waals surface area (Å²) in [6.45, 7) is 1.09. The molecule has 0 aromatic heterocycles. The quantitative estimate of drug-likeness (QED) is 0.883. The van der Waals surface area contributed by atoms with E-state index in [1.165, 1.54) is 5.56 Å². The van der Waals surface area contributed by atoms with Gasteiger partial charge in [-0.25, -0.2) is 0 Å². The fourth-order valence-electron chi connectivity index (χ4n) is 3.56. The van der Waals surface area contributed by atoms with E-state index in [0.29, 0.717) is 19.5 Å². The molecule has 0 radical (unpaired) electrons. The maximum atomic E-state index is 11.5. The van der Waals surface area contributed by atoms with Crippen LogP contribution in [-0.4, -0.2) is 39.3 Å². The van der Waals surface area contributed by atoms with Crippen molar-refractivity contribution in [3.05, 3.63) is 35.4 Å². The predicted molar refractivity (Wildman–Crippen MR) is 75.4 cm³/mol. The van der Waals surface area contributed by atoms with Crippen LogP contribution in [0.15, 0.2) is 24.3 Å². The molecule has 0 bridgehead atoms. The maximum Gasteiger partial charge on any atom is 0.321 e. The zero-order valence-corrected chi connectivity index (χ0v) is 11.6. The Bertz CT molecular complexity index is 508. The average molecular weight is 275 g/mol. The van der Waals surface area contributed by atoms with E-state index < -0.39 is 17.6 Å². The largest absolute Gasteiger partial charge is 0.480 e. The van der Waals surface area contributed by atoms with E-state index in [9.17, 15) is 15.0 Å². The normalized spacial score (nSPS) is 25.4. The summed E-state index contributed by atoms with van der Waals surface area (Å²) in [6.07, 6.45) is 4.19. The smallest absolute Gasteiger partial charge is 0.321 e. The zero-order valence-electron chi connectivity index (χ0n) is 11.6. The predicted octanol–water partition coefficient (Wildman–Crippen LogP) is 1.80. The number of carboxylic acids is 1. The third kappa shape index (κ3) is 2.58. The van der Waals surface area contributed by atoms with Crippen molar-refractivity contribution in [2.75, 3.05) is 6.54 Å². The van der Waals surface area contributed by atoms with Gasteiger partial charge < -0.3 is 10.2 Å². The minimum Gasteiger partial charge on any atom is -0.480 e. The van der Waals surface area contributed by atoms with Crippen LogP contribution < -0.4 is 0 Å². The molecule has 0 spiro atoms. The number of carbonyl (C=O) groups is 1. The van der Waals surface area contributed by atoms with Crippen molar-refractivity contribution in [2.24, 2.45) is 0 Å². The molecule has 1 aromatic rings. The molecule has 1 unspecified atom stereocenters. The van der Waals surface area contributed by atoms with Crippen LogP contribution in [0.3, 0.4) is 0 Å². The highest BCUT2D eigenvalue weighted by Crippen LogP contribution is 2.33. The van der Waals surface area contributed by atoms with Gasteiger partial charge in [-0.15, -0.1) is 0 Å². The second-order valence-corrected chi connectivity index (χ2v) is 6.16. The zero-order chi connectivity index (χ0) is 14.2. The molecular weight excluding hydrogens is 254 g/mol. The van der Waals surface area contributed by atoms with Gasteiger partial charge in [0.1, 0.15) is 6.04 Å². The molecule has 1 heterocycles. The number of aliphatic hydroxyl groups is 1. The summed E-state index contributed by atoms with van der Waals surface area (Å²) in [5.41, 5.74) is 1.61. The topological polar surface area (TPSA) is 60.8 Å². The monoisotopic (exact) mass is 275 g/mol. The number of rotatable bonds is 3. The van der Waals surface area contributed by atoms with Gasteiger partial charge >= 0.3 is 5.97 Å². The number of carboxylic acid groups (broad SMARTS) is 1. The minimum atomic E-state index is -0.791. The fourth-order valence-corrected chi connectivity index (χ4v) is 3.56. The van der Waals surface area contributed by atoms with Crippen molar-refractivity contribution in [1.29, 1.82) is 0 Å². The van der Waals surface area contributed by atoms with E-state index in [4.69, 9.17) is 0 Å². The van der Waals surface area contributed by atoms with Crippen LogP contribution in [0.1, 0.15) is 36.8 Å². The Balaban J connectivity index is 1.83. The molecule has 1 aromatic carbocycles. The molecule has 20 heavy (non-hydrogen) atoms. The number of aliphatic carboxylic acids is 1. The van der Waals surface area contributed by atoms with Gasteiger partial charge in [-0.2, -0.15) is 0 Å². The van der Waals surface area contributed by atoms with Crippen molar-refractivity contribution in [3.8, 4) is 0 Å². The van der Waals surface area contributed by atoms with Crippen molar-refractivity contribution >= 4 is 5.97 Å². The van der Waals surface area contributed by atoms with Crippen LogP contribution in [0.25, 0.3) is 0 Å². The van der Waals surface area contributed by atoms with Gasteiger partial charge in [-0.1, -0.05) is 37.1 Å². The summed E-state index contributed by atoms with van der Waals surface area (Å²) in [5, 5.41) is 20.0. The molecule has 2 aliphatic rings. The number of hydrogen-bond donors (Lipinski definition) is 2. The molecule has 4 heteroatoms. The molecule has 1 saturated carbocycles. The lowest BCUT2D eigenvalue weighted by molar-refractivity contribution is -0.145. The van der Waals surface area contributed by atoms with E-state index in [1.807, 2.05) is 23.1 Å². The summed E-state index contributed by atoms with van der Waals surface area (Å²) < 4.78 is 0. The second-order valence-electron chi connectivity index (χ2n) is 6.16. The van der Waals surface area contributed by atoms with E-state index in [1.54, 1.807) is 0 Å². The number of hydrogen-bond acceptors (Lipinski definition) is 3. The van der Waals surface area contributed by atoms with Crippen molar-refractivity contribution in [1.82, 2.24) is 4.90 Å². The average Bonchev–Trinajstić information content (AvgIpc) is 2.84. The SMILES string of the molecule is O=C(O)C1Cc2ccccc2CN1CC1(O)CCCC1. The molecule has 1 atom stereocenters. The van der Waals surface area contributed by atoms with E-state index in [2.05, 4.69) is 6.07 Å². The van der Waals surface area contributed by atoms with Crippen molar-refractivity contribution in [3.63, 3.8) is 0 Å². The summed E-state index contributed by atoms with van der Waals surface area (Å²) in [4.78, 5) is 13.5. The number of benzene rings is 1. The van der Waals surface area contributed by atoms with Crippen LogP contribution in [0, 0.1) is 0 Å². The first-order valence-corrected chi connectivity index (χ1v) is 7.33. The van der Waals surface area contributed by atoms with E-state index >= 15 is 0 Å². The number of β-amino-alcohol motifs (C(OH)–C–C–N with tert-alkyl or cyclic N) is 1. The maximum absolute atomic E-state index is 11.5. The Morgan fingerprint density at radius 3 is 2.55 bits per heavy atom. The van der Waals surface area contributed by atoms with Crippen LogP contribution >= 0.6 is 0 Å². The van der Waals surface area contributed by atoms with Crippen LogP contribution in [0.2, 0.25) is 0 Å². The molecule has 1 aliphatic carbocycles. The van der Waals surface area contributed by atoms with Crippen LogP contribution in [0.5, 0.6) is 0 Å². The van der Waals surface area contributed by atoms with Crippen molar-refractivity contribution < 1.29 is 15.0 Å². The van der Waals surface area contributed by atoms with E-state index in [-0.39, 0.29) is 0 Å². The highest BCUT2D eigenvalue weighted by atomic mass is 16.4. The number of fused-ring (bicyclic) bond motifs is 1. The second kappa shape index (κ2) is 5.19. The van der Waals surface area contributed by atoms with E-state index in [0.717, 1.165) is 31.2 Å². The molecule has 0 saturated heterocycles. The number of nitrogens with zero attached hydrogens (tertiary/aromatic N) is 1. The molecule has 3 rings (SSSR count). The lowest BCUT2D eigenvalue weighted by Gasteiger charge is -2.38. The molecule has 0 amide bonds. The summed E-state index contributed by atoms with van der Waals surface area (Å²) in [5.74, 6) is -0.791. The van der Waals surface area contributed by atoms with Gasteiger partial charge in [0, 0.05) is 13.1 Å². The first-order chi connectivity index (χ1) is 9.57. The molecule has 2 N–H and O–H groups in total. The Morgan fingerprint density at radius 1 is 1.25 bits per heavy atom. The highest BCUT2D eigenvalue weighted by molar-refractivity contribution is 5.74. The highest BCUT2D eigenvalue weighted by Gasteiger charge is 2.39. The Hall–Kier alpha value is -1.39. The first-order valence-electron chi connectivity index (χ1n) is 7.33. The fraction of sp³-hybridized carbons (Fsp3) is 0.562. The standard InChI is InChI=1S/C16H21NO3/c18-15(19)14-9-12-5-1-2-6-13(12)10-17(14)11-16(20)7-3-4-8-16/h1-2,5-6,14,20H,3-4,7-11H2,(H,18,19). The van der Waals surface area contributed by atoms with Gasteiger partial charge in [-0.3, -0.25) is 9.69 Å². The third-order valence-corrected chi connectivity index (χ3v) is 4.66. The summed E-state index contributed by atoms with van der Waals surface area (Å²) >= 11 is 0. The third-order valence-electron chi connectivity index (χ3n) is 4.66. The van der Waals surface area contributed by atoms with Crippen molar-refractivity contribution in [2.45, 2.75) is 50.3 Å². The van der Waals surface area contributed by atoms with Crippen LogP contribution in [-0.2, 0) is 17.8 Å². The lowest BCUT2D eigenvalue weighted by Crippen LogP contribution is -2.51. The lowest BCUT2D eigenvalue weighted by atomic mass is 9.91. The molecular formula is C16H21NO3.